The van der Waals surface area contributed by atoms with Gasteiger partial charge in [-0.1, -0.05) is 6.07 Å². The lowest BCUT2D eigenvalue weighted by molar-refractivity contribution is 0.224. The number of pyridine rings is 1. The molecule has 2 aromatic rings. The Labute approximate surface area is 133 Å². The molecular formula is C15H17N3OS2. The van der Waals surface area contributed by atoms with Gasteiger partial charge in [0.25, 0.3) is 0 Å². The lowest BCUT2D eigenvalue weighted by Gasteiger charge is -2.26. The fraction of sp³-hybridized carbons (Fsp3) is 0.333. The van der Waals surface area contributed by atoms with Crippen molar-refractivity contribution in [2.45, 2.75) is 19.0 Å². The molecule has 2 N–H and O–H groups in total. The Balaban J connectivity index is 2.00. The molecule has 2 atom stereocenters. The van der Waals surface area contributed by atoms with Crippen LogP contribution in [0.3, 0.4) is 0 Å². The number of rotatable bonds is 4. The van der Waals surface area contributed by atoms with Crippen LogP contribution in [0.1, 0.15) is 27.5 Å². The number of hydrogen-bond acceptors (Lipinski definition) is 4. The minimum Gasteiger partial charge on any atom is -0.395 e. The predicted octanol–water partition coefficient (Wildman–Crippen LogP) is 2.42. The first-order valence-electron chi connectivity index (χ1n) is 6.86. The van der Waals surface area contributed by atoms with Gasteiger partial charge < -0.3 is 15.3 Å². The van der Waals surface area contributed by atoms with Crippen LogP contribution in [0.15, 0.2) is 36.5 Å². The van der Waals surface area contributed by atoms with Crippen LogP contribution in [0, 0.1) is 6.92 Å². The van der Waals surface area contributed by atoms with E-state index in [1.807, 2.05) is 18.2 Å². The molecule has 0 spiro atoms. The Bertz CT molecular complexity index is 629. The van der Waals surface area contributed by atoms with Crippen LogP contribution in [0.25, 0.3) is 0 Å². The largest absolute Gasteiger partial charge is 0.395 e. The maximum absolute atomic E-state index is 9.33. The number of thiophene rings is 1. The van der Waals surface area contributed by atoms with Crippen molar-refractivity contribution >= 4 is 28.7 Å². The second kappa shape index (κ2) is 6.09. The van der Waals surface area contributed by atoms with Crippen molar-refractivity contribution in [2.24, 2.45) is 0 Å². The molecule has 0 bridgehead atoms. The zero-order chi connectivity index (χ0) is 14.8. The average Bonchev–Trinajstić information content (AvgIpc) is 3.05. The number of β-amino-alcohol motifs (C(OH)–C–C–N with tert-alkyl or cyclic N) is 1. The number of aliphatic hydroxyl groups is 1. The van der Waals surface area contributed by atoms with Gasteiger partial charge in [-0.05, 0) is 43.4 Å². The van der Waals surface area contributed by atoms with E-state index in [0.29, 0.717) is 11.7 Å². The van der Waals surface area contributed by atoms with Gasteiger partial charge in [0.2, 0.25) is 0 Å². The molecule has 110 valence electrons. The highest BCUT2D eigenvalue weighted by Crippen LogP contribution is 2.40. The molecule has 0 aliphatic carbocycles. The van der Waals surface area contributed by atoms with E-state index in [2.05, 4.69) is 34.3 Å². The van der Waals surface area contributed by atoms with Gasteiger partial charge in [-0.15, -0.1) is 11.3 Å². The Morgan fingerprint density at radius 3 is 2.86 bits per heavy atom. The molecule has 0 amide bonds. The van der Waals surface area contributed by atoms with Gasteiger partial charge in [-0.25, -0.2) is 0 Å². The first kappa shape index (κ1) is 14.4. The van der Waals surface area contributed by atoms with Gasteiger partial charge in [0.05, 0.1) is 24.4 Å². The van der Waals surface area contributed by atoms with Crippen molar-refractivity contribution in [3.8, 4) is 0 Å². The SMILES string of the molecule is Cc1ccc([C@@H]2[C@@H](c3ccccn3)NC(=S)N2CCO)s1. The third kappa shape index (κ3) is 2.79. The maximum Gasteiger partial charge on any atom is 0.170 e. The fourth-order valence-electron chi connectivity index (χ4n) is 2.68. The van der Waals surface area contributed by atoms with E-state index in [9.17, 15) is 5.11 Å². The van der Waals surface area contributed by atoms with E-state index >= 15 is 0 Å². The second-order valence-electron chi connectivity index (χ2n) is 4.99. The Morgan fingerprint density at radius 2 is 2.24 bits per heavy atom. The monoisotopic (exact) mass is 319 g/mol. The number of aliphatic hydroxyl groups excluding tert-OH is 1. The summed E-state index contributed by atoms with van der Waals surface area (Å²) >= 11 is 7.21. The molecule has 1 saturated heterocycles. The first-order chi connectivity index (χ1) is 10.2. The normalized spacial score (nSPS) is 21.6. The maximum atomic E-state index is 9.33. The summed E-state index contributed by atoms with van der Waals surface area (Å²) in [6.45, 7) is 2.70. The van der Waals surface area contributed by atoms with Crippen LogP contribution in [-0.4, -0.2) is 33.3 Å². The number of hydrogen-bond donors (Lipinski definition) is 2. The second-order valence-corrected chi connectivity index (χ2v) is 6.70. The molecular weight excluding hydrogens is 302 g/mol. The standard InChI is InChI=1S/C15H17N3OS2/c1-10-5-6-12(21-10)14-13(11-4-2-3-7-16-11)17-15(20)18(14)8-9-19/h2-7,13-14,19H,8-9H2,1H3,(H,17,20)/t13-,14-/m1/s1. The fourth-order valence-corrected chi connectivity index (χ4v) is 4.04. The van der Waals surface area contributed by atoms with Crippen molar-refractivity contribution in [3.05, 3.63) is 52.0 Å². The summed E-state index contributed by atoms with van der Waals surface area (Å²) in [5.74, 6) is 0. The molecule has 0 radical (unpaired) electrons. The summed E-state index contributed by atoms with van der Waals surface area (Å²) < 4.78 is 0. The van der Waals surface area contributed by atoms with E-state index in [1.54, 1.807) is 17.5 Å². The zero-order valence-electron chi connectivity index (χ0n) is 11.7. The van der Waals surface area contributed by atoms with E-state index in [1.165, 1.54) is 9.75 Å². The summed E-state index contributed by atoms with van der Waals surface area (Å²) in [4.78, 5) is 9.03. The number of nitrogens with one attached hydrogen (secondary N) is 1. The number of nitrogens with zero attached hydrogens (tertiary/aromatic N) is 2. The number of aryl methyl sites for hydroxylation is 1. The topological polar surface area (TPSA) is 48.4 Å². The molecule has 0 aromatic carbocycles. The van der Waals surface area contributed by atoms with Crippen molar-refractivity contribution in [1.82, 2.24) is 15.2 Å². The van der Waals surface area contributed by atoms with Crippen LogP contribution < -0.4 is 5.32 Å². The van der Waals surface area contributed by atoms with Crippen molar-refractivity contribution in [2.75, 3.05) is 13.2 Å². The summed E-state index contributed by atoms with van der Waals surface area (Å²) in [5.41, 5.74) is 0.969. The molecule has 1 aliphatic rings. The Kier molecular flexibility index (Phi) is 4.19. The quantitative estimate of drug-likeness (QED) is 0.848. The lowest BCUT2D eigenvalue weighted by Crippen LogP contribution is -2.31. The molecule has 4 nitrogen and oxygen atoms in total. The van der Waals surface area contributed by atoms with E-state index in [4.69, 9.17) is 12.2 Å². The minimum atomic E-state index is 0.0169. The predicted molar refractivity (Wildman–Crippen MR) is 88.3 cm³/mol. The van der Waals surface area contributed by atoms with Crippen molar-refractivity contribution < 1.29 is 5.11 Å². The summed E-state index contributed by atoms with van der Waals surface area (Å²) in [6, 6.07) is 10.3. The highest BCUT2D eigenvalue weighted by atomic mass is 32.1. The summed E-state index contributed by atoms with van der Waals surface area (Å²) in [6.07, 6.45) is 1.80. The van der Waals surface area contributed by atoms with Gasteiger partial charge in [0.15, 0.2) is 5.11 Å². The molecule has 21 heavy (non-hydrogen) atoms. The van der Waals surface area contributed by atoms with Crippen molar-refractivity contribution in [1.29, 1.82) is 0 Å². The summed E-state index contributed by atoms with van der Waals surface area (Å²) in [5, 5.41) is 13.4. The Hall–Kier alpha value is -1.50. The molecule has 3 heterocycles. The van der Waals surface area contributed by atoms with Crippen molar-refractivity contribution in [3.63, 3.8) is 0 Å². The highest BCUT2D eigenvalue weighted by molar-refractivity contribution is 7.80. The average molecular weight is 319 g/mol. The van der Waals surface area contributed by atoms with Gasteiger partial charge in [0.1, 0.15) is 0 Å². The molecule has 0 saturated carbocycles. The van der Waals surface area contributed by atoms with Gasteiger partial charge >= 0.3 is 0 Å². The molecule has 1 fully saturated rings. The third-order valence-electron chi connectivity index (χ3n) is 3.59. The summed E-state index contributed by atoms with van der Waals surface area (Å²) in [7, 11) is 0. The van der Waals surface area contributed by atoms with Crippen LogP contribution in [-0.2, 0) is 0 Å². The zero-order valence-corrected chi connectivity index (χ0v) is 13.3. The number of aromatic nitrogens is 1. The first-order valence-corrected chi connectivity index (χ1v) is 8.08. The van der Waals surface area contributed by atoms with Crippen LogP contribution >= 0.6 is 23.6 Å². The van der Waals surface area contributed by atoms with Gasteiger partial charge in [-0.2, -0.15) is 0 Å². The lowest BCUT2D eigenvalue weighted by atomic mass is 10.0. The Morgan fingerprint density at radius 1 is 1.38 bits per heavy atom. The number of thiocarbonyl (C=S) groups is 1. The van der Waals surface area contributed by atoms with Gasteiger partial charge in [0, 0.05) is 22.5 Å². The molecule has 6 heteroatoms. The molecule has 0 unspecified atom stereocenters. The van der Waals surface area contributed by atoms with Crippen LogP contribution in [0.4, 0.5) is 0 Å². The molecule has 2 aromatic heterocycles. The van der Waals surface area contributed by atoms with Gasteiger partial charge in [-0.3, -0.25) is 4.98 Å². The van der Waals surface area contributed by atoms with Crippen LogP contribution in [0.2, 0.25) is 0 Å². The smallest absolute Gasteiger partial charge is 0.170 e. The van der Waals surface area contributed by atoms with E-state index in [0.717, 1.165) is 5.69 Å². The molecule has 1 aliphatic heterocycles. The van der Waals surface area contributed by atoms with Crippen LogP contribution in [0.5, 0.6) is 0 Å². The van der Waals surface area contributed by atoms with E-state index < -0.39 is 0 Å². The third-order valence-corrected chi connectivity index (χ3v) is 5.02. The molecule has 3 rings (SSSR count). The van der Waals surface area contributed by atoms with E-state index in [-0.39, 0.29) is 18.7 Å². The minimum absolute atomic E-state index is 0.0169. The highest BCUT2D eigenvalue weighted by Gasteiger charge is 2.39.